The molecular weight excluding hydrogens is 473 g/mol. The second-order valence-electron chi connectivity index (χ2n) is 6.17. The van der Waals surface area contributed by atoms with E-state index in [0.29, 0.717) is 19.5 Å². The number of nitrogens with zero attached hydrogens (tertiary/aromatic N) is 3. The van der Waals surface area contributed by atoms with E-state index in [1.165, 1.54) is 4.88 Å². The van der Waals surface area contributed by atoms with Gasteiger partial charge in [0.05, 0.1) is 6.54 Å². The number of amides is 1. The fourth-order valence-electron chi connectivity index (χ4n) is 2.87. The van der Waals surface area contributed by atoms with Crippen LogP contribution in [-0.2, 0) is 24.3 Å². The van der Waals surface area contributed by atoms with Crippen LogP contribution >= 0.6 is 35.3 Å². The van der Waals surface area contributed by atoms with Crippen molar-refractivity contribution in [2.45, 2.75) is 39.3 Å². The smallest absolute Gasteiger partial charge is 0.227 e. The lowest BCUT2D eigenvalue weighted by Crippen LogP contribution is -2.36. The van der Waals surface area contributed by atoms with Crippen LogP contribution in [-0.4, -0.2) is 30.4 Å². The summed E-state index contributed by atoms with van der Waals surface area (Å²) in [5.41, 5.74) is 2.13. The molecule has 1 aromatic carbocycles. The summed E-state index contributed by atoms with van der Waals surface area (Å²) in [5.74, 6) is 0.964. The second kappa shape index (κ2) is 10.6. The molecule has 8 heteroatoms. The number of hydrogen-bond donors (Lipinski definition) is 2. The molecule has 0 bridgehead atoms. The molecule has 0 aliphatic carbocycles. The number of anilines is 1. The molecule has 1 amide bonds. The molecule has 2 N–H and O–H groups in total. The lowest BCUT2D eigenvalue weighted by Gasteiger charge is -2.16. The van der Waals surface area contributed by atoms with Crippen LogP contribution < -0.4 is 15.5 Å². The number of hydrogen-bond acceptors (Lipinski definition) is 4. The summed E-state index contributed by atoms with van der Waals surface area (Å²) in [6, 6.07) is 8.13. The minimum atomic E-state index is 0. The van der Waals surface area contributed by atoms with Crippen LogP contribution in [0.5, 0.6) is 0 Å². The Bertz CT molecular complexity index is 775. The largest absolute Gasteiger partial charge is 0.352 e. The Labute approximate surface area is 181 Å². The first kappa shape index (κ1) is 21.6. The SMILES string of the molecule is CCc1cnc(CNC(=NC)NCc2ccc(N3CCCC3=O)cc2)s1.I. The number of rotatable bonds is 6. The summed E-state index contributed by atoms with van der Waals surface area (Å²) >= 11 is 1.73. The van der Waals surface area contributed by atoms with Crippen molar-refractivity contribution in [3.05, 3.63) is 45.9 Å². The van der Waals surface area contributed by atoms with E-state index >= 15 is 0 Å². The van der Waals surface area contributed by atoms with E-state index in [4.69, 9.17) is 0 Å². The van der Waals surface area contributed by atoms with E-state index in [-0.39, 0.29) is 29.9 Å². The van der Waals surface area contributed by atoms with E-state index in [2.05, 4.69) is 39.7 Å². The number of carbonyl (C=O) groups excluding carboxylic acids is 1. The van der Waals surface area contributed by atoms with Crippen molar-refractivity contribution in [1.29, 1.82) is 0 Å². The Kier molecular flexibility index (Phi) is 8.49. The number of carbonyl (C=O) groups is 1. The maximum absolute atomic E-state index is 11.8. The van der Waals surface area contributed by atoms with Crippen LogP contribution in [0.15, 0.2) is 35.5 Å². The number of aryl methyl sites for hydroxylation is 1. The molecule has 1 aliphatic rings. The molecule has 27 heavy (non-hydrogen) atoms. The number of thiazole rings is 1. The van der Waals surface area contributed by atoms with Gasteiger partial charge in [-0.2, -0.15) is 0 Å². The number of aromatic nitrogens is 1. The highest BCUT2D eigenvalue weighted by atomic mass is 127. The maximum Gasteiger partial charge on any atom is 0.227 e. The first-order valence-corrected chi connectivity index (χ1v) is 9.78. The molecule has 0 spiro atoms. The lowest BCUT2D eigenvalue weighted by molar-refractivity contribution is -0.117. The predicted octanol–water partition coefficient (Wildman–Crippen LogP) is 3.32. The van der Waals surface area contributed by atoms with E-state index in [1.54, 1.807) is 18.4 Å². The maximum atomic E-state index is 11.8. The zero-order valence-electron chi connectivity index (χ0n) is 15.7. The Morgan fingerprint density at radius 3 is 2.59 bits per heavy atom. The summed E-state index contributed by atoms with van der Waals surface area (Å²) in [7, 11) is 1.76. The number of nitrogens with one attached hydrogen (secondary N) is 2. The lowest BCUT2D eigenvalue weighted by atomic mass is 10.2. The van der Waals surface area contributed by atoms with Crippen molar-refractivity contribution in [1.82, 2.24) is 15.6 Å². The summed E-state index contributed by atoms with van der Waals surface area (Å²) in [5, 5.41) is 7.66. The van der Waals surface area contributed by atoms with Gasteiger partial charge < -0.3 is 15.5 Å². The van der Waals surface area contributed by atoms with Gasteiger partial charge in [0.1, 0.15) is 5.01 Å². The third-order valence-electron chi connectivity index (χ3n) is 4.36. The van der Waals surface area contributed by atoms with E-state index in [9.17, 15) is 4.79 Å². The predicted molar refractivity (Wildman–Crippen MR) is 122 cm³/mol. The molecule has 3 rings (SSSR count). The van der Waals surface area contributed by atoms with Crippen LogP contribution in [0, 0.1) is 0 Å². The normalized spacial score (nSPS) is 14.2. The summed E-state index contributed by atoms with van der Waals surface area (Å²) in [4.78, 5) is 23.6. The van der Waals surface area contributed by atoms with Gasteiger partial charge in [0, 0.05) is 43.3 Å². The third kappa shape index (κ3) is 5.90. The Morgan fingerprint density at radius 2 is 2.00 bits per heavy atom. The van der Waals surface area contributed by atoms with Gasteiger partial charge in [0.25, 0.3) is 0 Å². The van der Waals surface area contributed by atoms with Crippen molar-refractivity contribution in [3.63, 3.8) is 0 Å². The van der Waals surface area contributed by atoms with Crippen LogP contribution in [0.1, 0.15) is 35.2 Å². The standard InChI is InChI=1S/C19H25N5OS.HI/c1-3-16-12-21-17(26-16)13-23-19(20-2)22-11-14-6-8-15(9-7-14)24-10-4-5-18(24)25;/h6-9,12H,3-5,10-11,13H2,1-2H3,(H2,20,22,23);1H. The summed E-state index contributed by atoms with van der Waals surface area (Å²) in [6.45, 7) is 4.30. The number of guanidine groups is 1. The average Bonchev–Trinajstić information content (AvgIpc) is 3.31. The molecule has 1 fully saturated rings. The van der Waals surface area contributed by atoms with Gasteiger partial charge >= 0.3 is 0 Å². The van der Waals surface area contributed by atoms with Gasteiger partial charge in [0.15, 0.2) is 5.96 Å². The fourth-order valence-corrected chi connectivity index (χ4v) is 3.68. The Hall–Kier alpha value is -1.68. The van der Waals surface area contributed by atoms with Crippen molar-refractivity contribution in [2.24, 2.45) is 4.99 Å². The van der Waals surface area contributed by atoms with Gasteiger partial charge in [-0.15, -0.1) is 35.3 Å². The van der Waals surface area contributed by atoms with Gasteiger partial charge in [-0.25, -0.2) is 4.98 Å². The molecule has 6 nitrogen and oxygen atoms in total. The van der Waals surface area contributed by atoms with Gasteiger partial charge in [-0.05, 0) is 30.5 Å². The topological polar surface area (TPSA) is 69.6 Å². The monoisotopic (exact) mass is 499 g/mol. The third-order valence-corrected chi connectivity index (χ3v) is 5.50. The van der Waals surface area contributed by atoms with Crippen molar-refractivity contribution < 1.29 is 4.79 Å². The zero-order chi connectivity index (χ0) is 18.4. The average molecular weight is 499 g/mol. The minimum Gasteiger partial charge on any atom is -0.352 e. The Morgan fingerprint density at radius 1 is 1.26 bits per heavy atom. The van der Waals surface area contributed by atoms with Gasteiger partial charge in [-0.1, -0.05) is 19.1 Å². The van der Waals surface area contributed by atoms with Crippen LogP contribution in [0.25, 0.3) is 0 Å². The molecule has 2 heterocycles. The van der Waals surface area contributed by atoms with Crippen molar-refractivity contribution in [3.8, 4) is 0 Å². The van der Waals surface area contributed by atoms with E-state index in [0.717, 1.165) is 41.6 Å². The molecule has 1 aliphatic heterocycles. The first-order valence-electron chi connectivity index (χ1n) is 8.97. The molecule has 0 unspecified atom stereocenters. The quantitative estimate of drug-likeness (QED) is 0.364. The van der Waals surface area contributed by atoms with E-state index in [1.807, 2.05) is 23.2 Å². The highest BCUT2D eigenvalue weighted by molar-refractivity contribution is 14.0. The molecule has 1 saturated heterocycles. The van der Waals surface area contributed by atoms with Crippen LogP contribution in [0.2, 0.25) is 0 Å². The van der Waals surface area contributed by atoms with Crippen LogP contribution in [0.3, 0.4) is 0 Å². The molecular formula is C19H26IN5OS. The second-order valence-corrected chi connectivity index (χ2v) is 7.37. The number of benzene rings is 1. The highest BCUT2D eigenvalue weighted by Gasteiger charge is 2.21. The molecule has 0 radical (unpaired) electrons. The highest BCUT2D eigenvalue weighted by Crippen LogP contribution is 2.21. The Balaban J connectivity index is 0.00000261. The number of aliphatic imine (C=N–C) groups is 1. The summed E-state index contributed by atoms with van der Waals surface area (Å²) in [6.07, 6.45) is 4.56. The van der Waals surface area contributed by atoms with E-state index < -0.39 is 0 Å². The van der Waals surface area contributed by atoms with Crippen LogP contribution in [0.4, 0.5) is 5.69 Å². The molecule has 0 atom stereocenters. The van der Waals surface area contributed by atoms with Crippen molar-refractivity contribution in [2.75, 3.05) is 18.5 Å². The molecule has 0 saturated carbocycles. The van der Waals surface area contributed by atoms with Gasteiger partial charge in [-0.3, -0.25) is 9.79 Å². The first-order chi connectivity index (χ1) is 12.7. The van der Waals surface area contributed by atoms with Crippen molar-refractivity contribution >= 4 is 52.9 Å². The molecule has 2 aromatic rings. The van der Waals surface area contributed by atoms with Gasteiger partial charge in [0.2, 0.25) is 5.91 Å². The summed E-state index contributed by atoms with van der Waals surface area (Å²) < 4.78 is 0. The zero-order valence-corrected chi connectivity index (χ0v) is 18.8. The fraction of sp³-hybridized carbons (Fsp3) is 0.421. The molecule has 146 valence electrons. The molecule has 1 aromatic heterocycles. The minimum absolute atomic E-state index is 0. The number of halogens is 1.